The molecule has 1 aliphatic rings. The molecule has 0 saturated carbocycles. The number of piperidine rings is 1. The van der Waals surface area contributed by atoms with E-state index in [-0.39, 0.29) is 0 Å². The average molecular weight is 207 g/mol. The maximum atomic E-state index is 4.42. The fourth-order valence-electron chi connectivity index (χ4n) is 2.55. The summed E-state index contributed by atoms with van der Waals surface area (Å²) in [6.07, 6.45) is 7.66. The molecule has 2 rings (SSSR count). The van der Waals surface area contributed by atoms with Crippen LogP contribution >= 0.6 is 0 Å². The minimum absolute atomic E-state index is 0.817. The van der Waals surface area contributed by atoms with Crippen molar-refractivity contribution in [3.8, 4) is 0 Å². The second kappa shape index (κ2) is 4.79. The van der Waals surface area contributed by atoms with Crippen LogP contribution < -0.4 is 5.32 Å². The molecular weight excluding hydrogens is 186 g/mol. The van der Waals surface area contributed by atoms with E-state index >= 15 is 0 Å². The molecule has 1 aromatic rings. The van der Waals surface area contributed by atoms with E-state index in [9.17, 15) is 0 Å². The highest BCUT2D eigenvalue weighted by molar-refractivity contribution is 4.95. The molecule has 15 heavy (non-hydrogen) atoms. The Hall–Kier alpha value is -0.830. The summed E-state index contributed by atoms with van der Waals surface area (Å²) in [5.41, 5.74) is 0. The van der Waals surface area contributed by atoms with Crippen LogP contribution in [-0.2, 0) is 13.5 Å². The summed E-state index contributed by atoms with van der Waals surface area (Å²) in [7, 11) is 2.09. The first-order chi connectivity index (χ1) is 7.31. The molecule has 0 aliphatic carbocycles. The number of aromatic nitrogens is 2. The lowest BCUT2D eigenvalue weighted by molar-refractivity contribution is 0.242. The predicted octanol–water partition coefficient (Wildman–Crippen LogP) is 1.60. The number of aryl methyl sites for hydroxylation is 1. The van der Waals surface area contributed by atoms with Crippen molar-refractivity contribution >= 4 is 0 Å². The lowest BCUT2D eigenvalue weighted by Gasteiger charge is -2.31. The first-order valence-corrected chi connectivity index (χ1v) is 5.98. The number of nitrogens with zero attached hydrogens (tertiary/aromatic N) is 2. The Morgan fingerprint density at radius 1 is 1.53 bits per heavy atom. The summed E-state index contributed by atoms with van der Waals surface area (Å²) >= 11 is 0. The topological polar surface area (TPSA) is 29.9 Å². The quantitative estimate of drug-likeness (QED) is 0.816. The molecule has 0 aromatic carbocycles. The fraction of sp³-hybridized carbons (Fsp3) is 0.750. The molecule has 84 valence electrons. The normalized spacial score (nSPS) is 26.8. The van der Waals surface area contributed by atoms with E-state index in [0.717, 1.165) is 18.3 Å². The molecule has 1 aromatic heterocycles. The first-order valence-electron chi connectivity index (χ1n) is 5.98. The van der Waals surface area contributed by atoms with Gasteiger partial charge in [0.15, 0.2) is 0 Å². The molecule has 1 fully saturated rings. The van der Waals surface area contributed by atoms with Gasteiger partial charge in [0.1, 0.15) is 5.82 Å². The van der Waals surface area contributed by atoms with Gasteiger partial charge in [0.2, 0.25) is 0 Å². The van der Waals surface area contributed by atoms with Crippen molar-refractivity contribution in [2.45, 2.75) is 26.2 Å². The molecule has 3 nitrogen and oxygen atoms in total. The lowest BCUT2D eigenvalue weighted by Crippen LogP contribution is -2.37. The highest BCUT2D eigenvalue weighted by Gasteiger charge is 2.24. The minimum atomic E-state index is 0.817. The van der Waals surface area contributed by atoms with Crippen molar-refractivity contribution in [3.63, 3.8) is 0 Å². The monoisotopic (exact) mass is 207 g/mol. The number of nitrogens with one attached hydrogen (secondary N) is 1. The molecule has 2 unspecified atom stereocenters. The maximum absolute atomic E-state index is 4.42. The molecule has 0 radical (unpaired) electrons. The van der Waals surface area contributed by atoms with Crippen LogP contribution in [0, 0.1) is 11.8 Å². The van der Waals surface area contributed by atoms with Gasteiger partial charge in [0.25, 0.3) is 0 Å². The number of rotatable bonds is 3. The Balaban J connectivity index is 2.00. The predicted molar refractivity (Wildman–Crippen MR) is 61.7 cm³/mol. The van der Waals surface area contributed by atoms with Gasteiger partial charge in [0.05, 0.1) is 0 Å². The molecule has 0 spiro atoms. The molecule has 1 saturated heterocycles. The summed E-state index contributed by atoms with van der Waals surface area (Å²) in [5.74, 6) is 2.88. The van der Waals surface area contributed by atoms with Crippen molar-refractivity contribution in [3.05, 3.63) is 18.2 Å². The average Bonchev–Trinajstić information content (AvgIpc) is 2.65. The summed E-state index contributed by atoms with van der Waals surface area (Å²) < 4.78 is 2.15. The van der Waals surface area contributed by atoms with Gasteiger partial charge in [-0.2, -0.15) is 0 Å². The summed E-state index contributed by atoms with van der Waals surface area (Å²) in [5, 5.41) is 3.48. The van der Waals surface area contributed by atoms with Crippen LogP contribution in [0.1, 0.15) is 25.6 Å². The van der Waals surface area contributed by atoms with E-state index in [1.807, 2.05) is 12.4 Å². The first kappa shape index (κ1) is 10.7. The highest BCUT2D eigenvalue weighted by atomic mass is 15.0. The SMILES string of the molecule is CCC1CNCCC1Cc1nccn1C. The second-order valence-corrected chi connectivity index (χ2v) is 4.58. The third kappa shape index (κ3) is 2.40. The van der Waals surface area contributed by atoms with Gasteiger partial charge < -0.3 is 9.88 Å². The molecule has 0 bridgehead atoms. The standard InChI is InChI=1S/C12H21N3/c1-3-10-9-13-5-4-11(10)8-12-14-6-7-15(12)2/h6-7,10-11,13H,3-5,8-9H2,1-2H3. The molecule has 2 heterocycles. The Morgan fingerprint density at radius 2 is 2.40 bits per heavy atom. The number of imidazole rings is 1. The van der Waals surface area contributed by atoms with E-state index in [4.69, 9.17) is 0 Å². The molecule has 0 amide bonds. The van der Waals surface area contributed by atoms with Crippen molar-refractivity contribution < 1.29 is 0 Å². The zero-order valence-corrected chi connectivity index (χ0v) is 9.74. The highest BCUT2D eigenvalue weighted by Crippen LogP contribution is 2.25. The van der Waals surface area contributed by atoms with Crippen LogP contribution in [0.2, 0.25) is 0 Å². The van der Waals surface area contributed by atoms with Crippen molar-refractivity contribution in [2.75, 3.05) is 13.1 Å². The molecular formula is C12H21N3. The number of hydrogen-bond donors (Lipinski definition) is 1. The molecule has 2 atom stereocenters. The largest absolute Gasteiger partial charge is 0.338 e. The lowest BCUT2D eigenvalue weighted by atomic mass is 9.82. The summed E-state index contributed by atoms with van der Waals surface area (Å²) in [4.78, 5) is 4.42. The second-order valence-electron chi connectivity index (χ2n) is 4.58. The Morgan fingerprint density at radius 3 is 3.07 bits per heavy atom. The fourth-order valence-corrected chi connectivity index (χ4v) is 2.55. The zero-order chi connectivity index (χ0) is 10.7. The Labute approximate surface area is 91.9 Å². The maximum Gasteiger partial charge on any atom is 0.108 e. The van der Waals surface area contributed by atoms with Gasteiger partial charge in [-0.05, 0) is 31.3 Å². The number of hydrogen-bond acceptors (Lipinski definition) is 2. The van der Waals surface area contributed by atoms with E-state index in [0.29, 0.717) is 0 Å². The van der Waals surface area contributed by atoms with Crippen molar-refractivity contribution in [2.24, 2.45) is 18.9 Å². The van der Waals surface area contributed by atoms with Crippen molar-refractivity contribution in [1.82, 2.24) is 14.9 Å². The van der Waals surface area contributed by atoms with Crippen LogP contribution in [0.5, 0.6) is 0 Å². The van der Waals surface area contributed by atoms with Crippen LogP contribution in [0.3, 0.4) is 0 Å². The van der Waals surface area contributed by atoms with E-state index in [1.54, 1.807) is 0 Å². The molecule has 1 aliphatic heterocycles. The molecule has 1 N–H and O–H groups in total. The van der Waals surface area contributed by atoms with E-state index in [2.05, 4.69) is 28.8 Å². The Bertz CT molecular complexity index is 306. The van der Waals surface area contributed by atoms with Crippen LogP contribution in [0.25, 0.3) is 0 Å². The molecule has 3 heteroatoms. The van der Waals surface area contributed by atoms with E-state index < -0.39 is 0 Å². The summed E-state index contributed by atoms with van der Waals surface area (Å²) in [6, 6.07) is 0. The van der Waals surface area contributed by atoms with Gasteiger partial charge in [0, 0.05) is 25.9 Å². The van der Waals surface area contributed by atoms with Gasteiger partial charge in [-0.1, -0.05) is 13.3 Å². The zero-order valence-electron chi connectivity index (χ0n) is 9.74. The third-order valence-corrected chi connectivity index (χ3v) is 3.66. The summed E-state index contributed by atoms with van der Waals surface area (Å²) in [6.45, 7) is 4.65. The van der Waals surface area contributed by atoms with Crippen LogP contribution in [0.15, 0.2) is 12.4 Å². The third-order valence-electron chi connectivity index (χ3n) is 3.66. The van der Waals surface area contributed by atoms with Gasteiger partial charge in [-0.25, -0.2) is 4.98 Å². The van der Waals surface area contributed by atoms with Gasteiger partial charge in [-0.3, -0.25) is 0 Å². The van der Waals surface area contributed by atoms with E-state index in [1.165, 1.54) is 31.8 Å². The Kier molecular flexibility index (Phi) is 3.41. The van der Waals surface area contributed by atoms with Gasteiger partial charge in [-0.15, -0.1) is 0 Å². The van der Waals surface area contributed by atoms with Gasteiger partial charge >= 0.3 is 0 Å². The minimum Gasteiger partial charge on any atom is -0.338 e. The smallest absolute Gasteiger partial charge is 0.108 e. The van der Waals surface area contributed by atoms with Crippen LogP contribution in [0.4, 0.5) is 0 Å². The van der Waals surface area contributed by atoms with Crippen molar-refractivity contribution in [1.29, 1.82) is 0 Å². The van der Waals surface area contributed by atoms with Crippen LogP contribution in [-0.4, -0.2) is 22.6 Å².